The van der Waals surface area contributed by atoms with E-state index in [-0.39, 0.29) is 12.8 Å². The minimum atomic E-state index is -1.05. The Hall–Kier alpha value is -1.43. The maximum absolute atomic E-state index is 10.9. The number of nitrogens with one attached hydrogen (secondary N) is 1. The molecule has 0 aliphatic heterocycles. The number of aliphatic hydroxyl groups is 1. The van der Waals surface area contributed by atoms with E-state index in [1.165, 1.54) is 6.33 Å². The van der Waals surface area contributed by atoms with Crippen molar-refractivity contribution < 1.29 is 15.0 Å². The van der Waals surface area contributed by atoms with Crippen molar-refractivity contribution in [2.24, 2.45) is 0 Å². The maximum Gasteiger partial charge on any atom is 0.317 e. The molecule has 0 radical (unpaired) electrons. The molecule has 1 aliphatic carbocycles. The number of nitrogens with zero attached hydrogens (tertiary/aromatic N) is 2. The summed E-state index contributed by atoms with van der Waals surface area (Å²) in [4.78, 5) is 14.8. The minimum absolute atomic E-state index is 0.206. The van der Waals surface area contributed by atoms with Crippen molar-refractivity contribution >= 4 is 5.97 Å². The lowest BCUT2D eigenvalue weighted by atomic mass is 9.66. The van der Waals surface area contributed by atoms with Crippen molar-refractivity contribution in [3.05, 3.63) is 12.2 Å². The summed E-state index contributed by atoms with van der Waals surface area (Å²) in [7, 11) is 0. The minimum Gasteiger partial charge on any atom is -0.480 e. The highest BCUT2D eigenvalue weighted by molar-refractivity contribution is 5.81. The molecule has 0 saturated heterocycles. The molecule has 6 nitrogen and oxygen atoms in total. The molecule has 1 heterocycles. The third-order valence-electron chi connectivity index (χ3n) is 2.45. The van der Waals surface area contributed by atoms with Crippen molar-refractivity contribution in [2.75, 3.05) is 0 Å². The summed E-state index contributed by atoms with van der Waals surface area (Å²) in [6.07, 6.45) is 1.14. The first-order valence-electron chi connectivity index (χ1n) is 3.92. The number of hydrogen-bond donors (Lipinski definition) is 3. The second-order valence-corrected chi connectivity index (χ2v) is 3.28. The van der Waals surface area contributed by atoms with Gasteiger partial charge in [-0.1, -0.05) is 0 Å². The van der Waals surface area contributed by atoms with Gasteiger partial charge in [-0.15, -0.1) is 0 Å². The van der Waals surface area contributed by atoms with Gasteiger partial charge in [0.25, 0.3) is 0 Å². The van der Waals surface area contributed by atoms with E-state index in [9.17, 15) is 4.79 Å². The summed E-state index contributed by atoms with van der Waals surface area (Å²) in [5.41, 5.74) is -1.05. The Labute approximate surface area is 73.6 Å². The summed E-state index contributed by atoms with van der Waals surface area (Å²) in [5, 5.41) is 24.2. The van der Waals surface area contributed by atoms with Gasteiger partial charge in [0.15, 0.2) is 0 Å². The normalized spacial score (nSPS) is 32.5. The number of carbonyl (C=O) groups is 1. The number of aliphatic hydroxyl groups excluding tert-OH is 1. The first-order chi connectivity index (χ1) is 6.15. The molecule has 0 aromatic carbocycles. The topological polar surface area (TPSA) is 99.1 Å². The molecule has 0 bridgehead atoms. The molecular weight excluding hydrogens is 174 g/mol. The van der Waals surface area contributed by atoms with Crippen LogP contribution in [0.4, 0.5) is 0 Å². The number of aromatic amines is 1. The fourth-order valence-corrected chi connectivity index (χ4v) is 1.65. The first-order valence-corrected chi connectivity index (χ1v) is 3.92. The zero-order valence-corrected chi connectivity index (χ0v) is 6.77. The zero-order chi connectivity index (χ0) is 9.47. The van der Waals surface area contributed by atoms with E-state index in [0.29, 0.717) is 5.82 Å². The summed E-state index contributed by atoms with van der Waals surface area (Å²) >= 11 is 0. The molecule has 2 rings (SSSR count). The van der Waals surface area contributed by atoms with Gasteiger partial charge in [-0.2, -0.15) is 5.10 Å². The van der Waals surface area contributed by atoms with Crippen LogP contribution in [0.15, 0.2) is 6.33 Å². The Morgan fingerprint density at radius 3 is 2.77 bits per heavy atom. The van der Waals surface area contributed by atoms with Gasteiger partial charge < -0.3 is 10.2 Å². The zero-order valence-electron chi connectivity index (χ0n) is 6.77. The van der Waals surface area contributed by atoms with Crippen LogP contribution < -0.4 is 0 Å². The Morgan fingerprint density at radius 2 is 2.38 bits per heavy atom. The Bertz CT molecular complexity index is 316. The second kappa shape index (κ2) is 2.53. The van der Waals surface area contributed by atoms with E-state index in [1.54, 1.807) is 0 Å². The molecule has 1 aromatic heterocycles. The average molecular weight is 183 g/mol. The van der Waals surface area contributed by atoms with Gasteiger partial charge in [0.2, 0.25) is 0 Å². The van der Waals surface area contributed by atoms with Crippen molar-refractivity contribution in [3.63, 3.8) is 0 Å². The summed E-state index contributed by atoms with van der Waals surface area (Å²) < 4.78 is 0. The number of carboxylic acid groups (broad SMARTS) is 1. The molecule has 1 fully saturated rings. The molecule has 13 heavy (non-hydrogen) atoms. The van der Waals surface area contributed by atoms with Gasteiger partial charge in [-0.25, -0.2) is 4.98 Å². The van der Waals surface area contributed by atoms with E-state index in [1.807, 2.05) is 0 Å². The van der Waals surface area contributed by atoms with Gasteiger partial charge in [0.1, 0.15) is 17.6 Å². The molecule has 1 aliphatic rings. The highest BCUT2D eigenvalue weighted by Crippen LogP contribution is 2.42. The summed E-state index contributed by atoms with van der Waals surface area (Å²) in [5.74, 6) is -0.639. The van der Waals surface area contributed by atoms with Gasteiger partial charge in [-0.05, 0) is 12.8 Å². The molecule has 1 aromatic rings. The van der Waals surface area contributed by atoms with Gasteiger partial charge in [0.05, 0.1) is 6.10 Å². The van der Waals surface area contributed by atoms with E-state index in [2.05, 4.69) is 15.2 Å². The number of H-pyrrole nitrogens is 1. The smallest absolute Gasteiger partial charge is 0.317 e. The quantitative estimate of drug-likeness (QED) is 0.562. The fraction of sp³-hybridized carbons (Fsp3) is 0.571. The molecule has 6 heteroatoms. The SMILES string of the molecule is O=C(O)C1(c2ncn[nH]2)CC(O)C1. The second-order valence-electron chi connectivity index (χ2n) is 3.28. The molecule has 0 atom stereocenters. The molecule has 1 saturated carbocycles. The molecule has 3 N–H and O–H groups in total. The van der Waals surface area contributed by atoms with Crippen LogP contribution >= 0.6 is 0 Å². The van der Waals surface area contributed by atoms with Crippen LogP contribution in [0.3, 0.4) is 0 Å². The highest BCUT2D eigenvalue weighted by Gasteiger charge is 2.53. The number of rotatable bonds is 2. The van der Waals surface area contributed by atoms with Crippen LogP contribution in [0.1, 0.15) is 18.7 Å². The van der Waals surface area contributed by atoms with Crippen molar-refractivity contribution in [2.45, 2.75) is 24.4 Å². The van der Waals surface area contributed by atoms with Crippen LogP contribution in [-0.4, -0.2) is 37.5 Å². The number of aliphatic carboxylic acids is 1. The Balaban J connectivity index is 2.31. The van der Waals surface area contributed by atoms with Crippen molar-refractivity contribution in [3.8, 4) is 0 Å². The van der Waals surface area contributed by atoms with E-state index in [4.69, 9.17) is 10.2 Å². The fourth-order valence-electron chi connectivity index (χ4n) is 1.65. The van der Waals surface area contributed by atoms with Crippen molar-refractivity contribution in [1.29, 1.82) is 0 Å². The van der Waals surface area contributed by atoms with E-state index in [0.717, 1.165) is 0 Å². The molecule has 0 spiro atoms. The number of aromatic nitrogens is 3. The number of hydrogen-bond acceptors (Lipinski definition) is 4. The Morgan fingerprint density at radius 1 is 1.69 bits per heavy atom. The van der Waals surface area contributed by atoms with Crippen LogP contribution in [0, 0.1) is 0 Å². The van der Waals surface area contributed by atoms with Crippen LogP contribution in [0.2, 0.25) is 0 Å². The highest BCUT2D eigenvalue weighted by atomic mass is 16.4. The molecular formula is C7H9N3O3. The molecule has 70 valence electrons. The Kier molecular flexibility index (Phi) is 1.59. The van der Waals surface area contributed by atoms with Gasteiger partial charge >= 0.3 is 5.97 Å². The lowest BCUT2D eigenvalue weighted by Gasteiger charge is -2.39. The third kappa shape index (κ3) is 1.02. The van der Waals surface area contributed by atoms with Crippen LogP contribution in [0.5, 0.6) is 0 Å². The maximum atomic E-state index is 10.9. The van der Waals surface area contributed by atoms with Gasteiger partial charge in [0, 0.05) is 0 Å². The van der Waals surface area contributed by atoms with E-state index < -0.39 is 17.5 Å². The summed E-state index contributed by atoms with van der Waals surface area (Å²) in [6, 6.07) is 0. The third-order valence-corrected chi connectivity index (χ3v) is 2.45. The largest absolute Gasteiger partial charge is 0.480 e. The van der Waals surface area contributed by atoms with Crippen LogP contribution in [-0.2, 0) is 10.2 Å². The van der Waals surface area contributed by atoms with Gasteiger partial charge in [-0.3, -0.25) is 9.89 Å². The lowest BCUT2D eigenvalue weighted by molar-refractivity contribution is -0.153. The standard InChI is InChI=1S/C7H9N3O3/c11-4-1-7(2-4,6(12)13)5-8-3-9-10-5/h3-4,11H,1-2H2,(H,12,13)(H,8,9,10). The monoisotopic (exact) mass is 183 g/mol. The van der Waals surface area contributed by atoms with Crippen LogP contribution in [0.25, 0.3) is 0 Å². The van der Waals surface area contributed by atoms with Crippen molar-refractivity contribution in [1.82, 2.24) is 15.2 Å². The lowest BCUT2D eigenvalue weighted by Crippen LogP contribution is -2.51. The first kappa shape index (κ1) is 8.18. The predicted octanol–water partition coefficient (Wildman–Crippen LogP) is -0.718. The predicted molar refractivity (Wildman–Crippen MR) is 40.9 cm³/mol. The average Bonchev–Trinajstić information content (AvgIpc) is 2.49. The number of carboxylic acids is 1. The molecule has 0 unspecified atom stereocenters. The summed E-state index contributed by atoms with van der Waals surface area (Å²) in [6.45, 7) is 0. The van der Waals surface area contributed by atoms with E-state index >= 15 is 0 Å². The molecule has 0 amide bonds.